The van der Waals surface area contributed by atoms with E-state index in [0.29, 0.717) is 18.0 Å². The SMILES string of the molecule is CN=C(NCCCN(C(C)C)C(C)C)NCC1CCN(c2ccccc2OC)C1. The lowest BCUT2D eigenvalue weighted by Gasteiger charge is -2.30. The van der Waals surface area contributed by atoms with Gasteiger partial charge >= 0.3 is 0 Å². The molecule has 1 saturated heterocycles. The first-order chi connectivity index (χ1) is 14.0. The van der Waals surface area contributed by atoms with Crippen LogP contribution >= 0.6 is 0 Å². The number of para-hydroxylation sites is 2. The van der Waals surface area contributed by atoms with E-state index in [-0.39, 0.29) is 0 Å². The van der Waals surface area contributed by atoms with Crippen molar-refractivity contribution in [1.82, 2.24) is 15.5 Å². The van der Waals surface area contributed by atoms with Gasteiger partial charge in [0, 0.05) is 51.9 Å². The highest BCUT2D eigenvalue weighted by molar-refractivity contribution is 5.79. The molecule has 1 heterocycles. The number of guanidine groups is 1. The summed E-state index contributed by atoms with van der Waals surface area (Å²) in [7, 11) is 3.59. The zero-order chi connectivity index (χ0) is 21.2. The average molecular weight is 404 g/mol. The second-order valence-corrected chi connectivity index (χ2v) is 8.43. The van der Waals surface area contributed by atoms with E-state index in [1.165, 1.54) is 12.1 Å². The van der Waals surface area contributed by atoms with Crippen molar-refractivity contribution in [2.24, 2.45) is 10.9 Å². The van der Waals surface area contributed by atoms with E-state index in [1.807, 2.05) is 19.2 Å². The van der Waals surface area contributed by atoms with E-state index >= 15 is 0 Å². The van der Waals surface area contributed by atoms with E-state index in [4.69, 9.17) is 4.74 Å². The summed E-state index contributed by atoms with van der Waals surface area (Å²) in [6.45, 7) is 14.2. The summed E-state index contributed by atoms with van der Waals surface area (Å²) in [6, 6.07) is 9.45. The van der Waals surface area contributed by atoms with E-state index in [2.05, 4.69) is 65.3 Å². The minimum atomic E-state index is 0.584. The minimum Gasteiger partial charge on any atom is -0.495 e. The van der Waals surface area contributed by atoms with E-state index < -0.39 is 0 Å². The zero-order valence-electron chi connectivity index (χ0n) is 19.2. The average Bonchev–Trinajstić information content (AvgIpc) is 3.18. The van der Waals surface area contributed by atoms with Gasteiger partial charge in [0.05, 0.1) is 12.8 Å². The number of hydrogen-bond donors (Lipinski definition) is 2. The van der Waals surface area contributed by atoms with Gasteiger partial charge in [0.1, 0.15) is 5.75 Å². The lowest BCUT2D eigenvalue weighted by atomic mass is 10.1. The molecule has 1 aromatic carbocycles. The van der Waals surface area contributed by atoms with Gasteiger partial charge in [-0.1, -0.05) is 12.1 Å². The predicted octanol–water partition coefficient (Wildman–Crippen LogP) is 3.20. The predicted molar refractivity (Wildman–Crippen MR) is 124 cm³/mol. The first kappa shape index (κ1) is 23.3. The molecule has 164 valence electrons. The van der Waals surface area contributed by atoms with Crippen molar-refractivity contribution < 1.29 is 4.74 Å². The van der Waals surface area contributed by atoms with Gasteiger partial charge in [-0.05, 0) is 58.6 Å². The van der Waals surface area contributed by atoms with Gasteiger partial charge in [-0.2, -0.15) is 0 Å². The number of anilines is 1. The lowest BCUT2D eigenvalue weighted by molar-refractivity contribution is 0.173. The Hall–Kier alpha value is -1.95. The Morgan fingerprint density at radius 1 is 1.21 bits per heavy atom. The molecule has 0 aliphatic carbocycles. The second kappa shape index (κ2) is 11.9. The lowest BCUT2D eigenvalue weighted by Crippen LogP contribution is -2.42. The maximum atomic E-state index is 5.52. The van der Waals surface area contributed by atoms with Gasteiger partial charge in [-0.25, -0.2) is 0 Å². The summed E-state index contributed by atoms with van der Waals surface area (Å²) in [5.41, 5.74) is 1.19. The normalized spacial score (nSPS) is 17.5. The van der Waals surface area contributed by atoms with Crippen LogP contribution in [-0.4, -0.2) is 69.8 Å². The van der Waals surface area contributed by atoms with Crippen molar-refractivity contribution >= 4 is 11.6 Å². The van der Waals surface area contributed by atoms with E-state index in [1.54, 1.807) is 7.11 Å². The quantitative estimate of drug-likeness (QED) is 0.357. The highest BCUT2D eigenvalue weighted by Crippen LogP contribution is 2.31. The Labute approximate surface area is 177 Å². The molecule has 2 N–H and O–H groups in total. The highest BCUT2D eigenvalue weighted by Gasteiger charge is 2.24. The number of hydrogen-bond acceptors (Lipinski definition) is 4. The third-order valence-corrected chi connectivity index (χ3v) is 5.71. The smallest absolute Gasteiger partial charge is 0.190 e. The Balaban J connectivity index is 1.72. The molecule has 29 heavy (non-hydrogen) atoms. The number of ether oxygens (including phenoxy) is 1. The summed E-state index contributed by atoms with van der Waals surface area (Å²) < 4.78 is 5.52. The van der Waals surface area contributed by atoms with Crippen LogP contribution in [0.5, 0.6) is 5.75 Å². The van der Waals surface area contributed by atoms with Crippen molar-refractivity contribution in [2.45, 2.75) is 52.6 Å². The molecule has 0 aromatic heterocycles. The van der Waals surface area contributed by atoms with Crippen molar-refractivity contribution in [2.75, 3.05) is 51.8 Å². The summed E-state index contributed by atoms with van der Waals surface area (Å²) in [5, 5.41) is 6.98. The van der Waals surface area contributed by atoms with Crippen LogP contribution in [-0.2, 0) is 0 Å². The maximum Gasteiger partial charge on any atom is 0.190 e. The van der Waals surface area contributed by atoms with Gasteiger partial charge in [-0.3, -0.25) is 9.89 Å². The fourth-order valence-corrected chi connectivity index (χ4v) is 4.15. The third kappa shape index (κ3) is 7.11. The fourth-order valence-electron chi connectivity index (χ4n) is 4.15. The molecule has 6 heteroatoms. The summed E-state index contributed by atoms with van der Waals surface area (Å²) >= 11 is 0. The molecule has 1 aromatic rings. The molecular formula is C23H41N5O. The Kier molecular flexibility index (Phi) is 9.58. The molecular weight excluding hydrogens is 362 g/mol. The van der Waals surface area contributed by atoms with Gasteiger partial charge < -0.3 is 20.3 Å². The second-order valence-electron chi connectivity index (χ2n) is 8.43. The molecule has 6 nitrogen and oxygen atoms in total. The van der Waals surface area contributed by atoms with E-state index in [9.17, 15) is 0 Å². The summed E-state index contributed by atoms with van der Waals surface area (Å²) in [4.78, 5) is 9.34. The first-order valence-corrected chi connectivity index (χ1v) is 11.0. The van der Waals surface area contributed by atoms with Crippen LogP contribution in [0.25, 0.3) is 0 Å². The topological polar surface area (TPSA) is 52.1 Å². The van der Waals surface area contributed by atoms with Crippen molar-refractivity contribution in [1.29, 1.82) is 0 Å². The van der Waals surface area contributed by atoms with E-state index in [0.717, 1.165) is 50.9 Å². The largest absolute Gasteiger partial charge is 0.495 e. The fraction of sp³-hybridized carbons (Fsp3) is 0.696. The number of nitrogens with one attached hydrogen (secondary N) is 2. The van der Waals surface area contributed by atoms with Gasteiger partial charge in [0.2, 0.25) is 0 Å². The van der Waals surface area contributed by atoms with Crippen LogP contribution in [0, 0.1) is 5.92 Å². The van der Waals surface area contributed by atoms with Crippen LogP contribution in [0.1, 0.15) is 40.5 Å². The molecule has 1 atom stereocenters. The van der Waals surface area contributed by atoms with Crippen molar-refractivity contribution in [3.05, 3.63) is 24.3 Å². The van der Waals surface area contributed by atoms with Gasteiger partial charge in [0.15, 0.2) is 5.96 Å². The Morgan fingerprint density at radius 3 is 2.59 bits per heavy atom. The van der Waals surface area contributed by atoms with Crippen LogP contribution in [0.3, 0.4) is 0 Å². The van der Waals surface area contributed by atoms with Crippen molar-refractivity contribution in [3.63, 3.8) is 0 Å². The van der Waals surface area contributed by atoms with Crippen LogP contribution in [0.4, 0.5) is 5.69 Å². The molecule has 1 unspecified atom stereocenters. The molecule has 2 rings (SSSR count). The molecule has 0 spiro atoms. The monoisotopic (exact) mass is 403 g/mol. The molecule has 1 aliphatic rings. The maximum absolute atomic E-state index is 5.52. The number of nitrogens with zero attached hydrogens (tertiary/aromatic N) is 3. The first-order valence-electron chi connectivity index (χ1n) is 11.0. The van der Waals surface area contributed by atoms with Gasteiger partial charge in [-0.15, -0.1) is 0 Å². The molecule has 1 aliphatic heterocycles. The molecule has 1 fully saturated rings. The molecule has 0 bridgehead atoms. The standard InChI is InChI=1S/C23H41N5O/c1-18(2)28(19(3)4)14-9-13-25-23(24-5)26-16-20-12-15-27(17-20)21-10-7-8-11-22(21)29-6/h7-8,10-11,18-20H,9,12-17H2,1-6H3,(H2,24,25,26). The zero-order valence-corrected chi connectivity index (χ0v) is 19.2. The summed E-state index contributed by atoms with van der Waals surface area (Å²) in [6.07, 6.45) is 2.29. The number of aliphatic imine (C=N–C) groups is 1. The summed E-state index contributed by atoms with van der Waals surface area (Å²) in [5.74, 6) is 2.47. The number of methoxy groups -OCH3 is 1. The minimum absolute atomic E-state index is 0.584. The van der Waals surface area contributed by atoms with Crippen LogP contribution in [0.15, 0.2) is 29.3 Å². The van der Waals surface area contributed by atoms with Crippen molar-refractivity contribution in [3.8, 4) is 5.75 Å². The van der Waals surface area contributed by atoms with Gasteiger partial charge in [0.25, 0.3) is 0 Å². The molecule has 0 amide bonds. The highest BCUT2D eigenvalue weighted by atomic mass is 16.5. The molecule has 0 saturated carbocycles. The Bertz CT molecular complexity index is 623. The van der Waals surface area contributed by atoms with Crippen LogP contribution in [0.2, 0.25) is 0 Å². The Morgan fingerprint density at radius 2 is 1.93 bits per heavy atom. The van der Waals surface area contributed by atoms with Crippen LogP contribution < -0.4 is 20.3 Å². The third-order valence-electron chi connectivity index (χ3n) is 5.71. The number of benzene rings is 1. The molecule has 0 radical (unpaired) electrons. The number of rotatable bonds is 10.